The van der Waals surface area contributed by atoms with Crippen LogP contribution in [0, 0.1) is 16.7 Å². The molecule has 1 aliphatic carbocycles. The second kappa shape index (κ2) is 10.8. The van der Waals surface area contributed by atoms with Gasteiger partial charge in [0.2, 0.25) is 0 Å². The second-order valence-electron chi connectivity index (χ2n) is 11.5. The molecule has 2 aliphatic rings. The van der Waals surface area contributed by atoms with Crippen molar-refractivity contribution in [3.63, 3.8) is 0 Å². The first-order valence-electron chi connectivity index (χ1n) is 11.9. The van der Waals surface area contributed by atoms with E-state index in [-0.39, 0.29) is 11.9 Å². The largest absolute Gasteiger partial charge is 0.490 e. The number of carboxylic acids is 1. The van der Waals surface area contributed by atoms with Crippen LogP contribution >= 0.6 is 0 Å². The SMILES string of the molecule is CN1CCC[C@@H]2Cc3c(ccc(OC(=O)C(C)(C)C)c3OC(=O)C(C)(C)C)C[C@H]21.O=C(O)C(F)(F)F. The van der Waals surface area contributed by atoms with Crippen LogP contribution in [0.4, 0.5) is 13.2 Å². The van der Waals surface area contributed by atoms with Crippen molar-refractivity contribution in [2.45, 2.75) is 79.4 Å². The van der Waals surface area contributed by atoms with Gasteiger partial charge in [0, 0.05) is 11.6 Å². The number of ether oxygens (including phenoxy) is 2. The number of likely N-dealkylation sites (tertiary alicyclic amines) is 1. The van der Waals surface area contributed by atoms with E-state index < -0.39 is 23.0 Å². The van der Waals surface area contributed by atoms with Gasteiger partial charge in [-0.1, -0.05) is 6.07 Å². The van der Waals surface area contributed by atoms with Gasteiger partial charge in [0.1, 0.15) is 0 Å². The summed E-state index contributed by atoms with van der Waals surface area (Å²) >= 11 is 0. The first-order chi connectivity index (χ1) is 16.3. The number of halogens is 3. The predicted octanol–water partition coefficient (Wildman–Crippen LogP) is 5.03. The van der Waals surface area contributed by atoms with Crippen LogP contribution in [-0.2, 0) is 27.2 Å². The van der Waals surface area contributed by atoms with Crippen molar-refractivity contribution in [3.8, 4) is 11.5 Å². The highest BCUT2D eigenvalue weighted by Crippen LogP contribution is 2.43. The highest BCUT2D eigenvalue weighted by atomic mass is 19.4. The number of alkyl halides is 3. The average Bonchev–Trinajstić information content (AvgIpc) is 2.73. The maximum Gasteiger partial charge on any atom is 0.490 e. The Morgan fingerprint density at radius 1 is 0.944 bits per heavy atom. The van der Waals surface area contributed by atoms with Gasteiger partial charge in [0.05, 0.1) is 10.8 Å². The van der Waals surface area contributed by atoms with E-state index in [1.54, 1.807) is 6.07 Å². The molecule has 1 heterocycles. The van der Waals surface area contributed by atoms with Crippen molar-refractivity contribution in [1.29, 1.82) is 0 Å². The number of esters is 2. The second-order valence-corrected chi connectivity index (χ2v) is 11.5. The van der Waals surface area contributed by atoms with Gasteiger partial charge in [-0.25, -0.2) is 4.79 Å². The van der Waals surface area contributed by atoms with Gasteiger partial charge >= 0.3 is 24.1 Å². The normalized spacial score (nSPS) is 20.3. The zero-order chi connectivity index (χ0) is 27.6. The first kappa shape index (κ1) is 29.6. The summed E-state index contributed by atoms with van der Waals surface area (Å²) in [6, 6.07) is 4.34. The molecule has 3 rings (SSSR count). The highest BCUT2D eigenvalue weighted by Gasteiger charge is 2.39. The number of likely N-dealkylation sites (N-methyl/N-ethyl adjacent to an activating group) is 1. The van der Waals surface area contributed by atoms with Crippen LogP contribution in [0.25, 0.3) is 0 Å². The minimum absolute atomic E-state index is 0.318. The summed E-state index contributed by atoms with van der Waals surface area (Å²) < 4.78 is 43.4. The Bertz CT molecular complexity index is 991. The lowest BCUT2D eigenvalue weighted by atomic mass is 9.75. The van der Waals surface area contributed by atoms with Gasteiger partial charge in [0.25, 0.3) is 0 Å². The minimum atomic E-state index is -5.08. The summed E-state index contributed by atoms with van der Waals surface area (Å²) in [6.45, 7) is 12.1. The number of hydrogen-bond donors (Lipinski definition) is 1. The Hall–Kier alpha value is -2.62. The monoisotopic (exact) mass is 515 g/mol. The molecule has 1 N–H and O–H groups in total. The molecule has 0 unspecified atom stereocenters. The molecule has 0 saturated carbocycles. The zero-order valence-electron chi connectivity index (χ0n) is 21.9. The van der Waals surface area contributed by atoms with Crippen molar-refractivity contribution in [3.05, 3.63) is 23.3 Å². The summed E-state index contributed by atoms with van der Waals surface area (Å²) in [4.78, 5) is 36.6. The van der Waals surface area contributed by atoms with Crippen LogP contribution in [0.15, 0.2) is 12.1 Å². The predicted molar refractivity (Wildman–Crippen MR) is 127 cm³/mol. The molecule has 1 aromatic carbocycles. The molecule has 1 aliphatic heterocycles. The lowest BCUT2D eigenvalue weighted by molar-refractivity contribution is -0.192. The molecule has 1 fully saturated rings. The molecular formula is C26H36F3NO6. The van der Waals surface area contributed by atoms with E-state index in [1.807, 2.05) is 47.6 Å². The summed E-state index contributed by atoms with van der Waals surface area (Å²) in [6.07, 6.45) is -0.946. The van der Waals surface area contributed by atoms with Crippen LogP contribution in [0.5, 0.6) is 11.5 Å². The van der Waals surface area contributed by atoms with Crippen LogP contribution < -0.4 is 9.47 Å². The van der Waals surface area contributed by atoms with Gasteiger partial charge in [-0.15, -0.1) is 0 Å². The van der Waals surface area contributed by atoms with E-state index in [2.05, 4.69) is 11.9 Å². The van der Waals surface area contributed by atoms with Crippen molar-refractivity contribution < 1.29 is 42.1 Å². The van der Waals surface area contributed by atoms with Gasteiger partial charge < -0.3 is 19.5 Å². The lowest BCUT2D eigenvalue weighted by Crippen LogP contribution is -2.47. The third-order valence-corrected chi connectivity index (χ3v) is 6.28. The maximum atomic E-state index is 12.7. The van der Waals surface area contributed by atoms with Crippen molar-refractivity contribution >= 4 is 17.9 Å². The van der Waals surface area contributed by atoms with E-state index >= 15 is 0 Å². The van der Waals surface area contributed by atoms with Crippen LogP contribution in [0.2, 0.25) is 0 Å². The van der Waals surface area contributed by atoms with E-state index in [9.17, 15) is 22.8 Å². The molecule has 7 nitrogen and oxygen atoms in total. The topological polar surface area (TPSA) is 93.1 Å². The molecule has 2 atom stereocenters. The number of benzene rings is 1. The molecule has 0 radical (unpaired) electrons. The summed E-state index contributed by atoms with van der Waals surface area (Å²) in [7, 11) is 2.20. The number of aliphatic carboxylic acids is 1. The smallest absolute Gasteiger partial charge is 0.475 e. The van der Waals surface area contributed by atoms with E-state index in [1.165, 1.54) is 18.4 Å². The maximum absolute atomic E-state index is 12.7. The molecule has 0 aromatic heterocycles. The Kier molecular flexibility index (Phi) is 8.87. The zero-order valence-corrected chi connectivity index (χ0v) is 21.9. The molecule has 10 heteroatoms. The van der Waals surface area contributed by atoms with E-state index in [0.717, 1.165) is 24.9 Å². The summed E-state index contributed by atoms with van der Waals surface area (Å²) in [5.41, 5.74) is 0.930. The van der Waals surface area contributed by atoms with Gasteiger partial charge in [-0.05, 0) is 98.4 Å². The summed E-state index contributed by atoms with van der Waals surface area (Å²) in [5, 5.41) is 7.12. The lowest BCUT2D eigenvalue weighted by Gasteiger charge is -2.43. The fourth-order valence-electron chi connectivity index (χ4n) is 4.12. The molecule has 0 spiro atoms. The molecule has 0 bridgehead atoms. The van der Waals surface area contributed by atoms with Crippen molar-refractivity contribution in [1.82, 2.24) is 4.90 Å². The van der Waals surface area contributed by atoms with E-state index in [0.29, 0.717) is 23.5 Å². The Balaban J connectivity index is 0.000000572. The number of carbonyl (C=O) groups is 3. The van der Waals surface area contributed by atoms with E-state index in [4.69, 9.17) is 19.4 Å². The third-order valence-electron chi connectivity index (χ3n) is 6.28. The van der Waals surface area contributed by atoms with Crippen molar-refractivity contribution in [2.75, 3.05) is 13.6 Å². The Labute approximate surface area is 209 Å². The number of carbonyl (C=O) groups excluding carboxylic acids is 2. The van der Waals surface area contributed by atoms with Gasteiger partial charge in [-0.3, -0.25) is 9.59 Å². The molecule has 0 amide bonds. The molecule has 202 valence electrons. The highest BCUT2D eigenvalue weighted by molar-refractivity contribution is 5.82. The standard InChI is InChI=1S/C24H35NO4.C2HF3O2/c1-23(2,3)21(26)28-19-11-10-15-14-18-16(9-8-12-25(18)7)13-17(15)20(19)29-22(27)24(4,5)6;3-2(4,5)1(6)7/h10-11,16,18H,8-9,12-14H2,1-7H3;(H,6,7)/t16-,18-;/m1./s1. The quantitative estimate of drug-likeness (QED) is 0.436. The minimum Gasteiger partial charge on any atom is -0.475 e. The number of rotatable bonds is 2. The molecule has 1 saturated heterocycles. The first-order valence-corrected chi connectivity index (χ1v) is 11.9. The molecule has 1 aromatic rings. The van der Waals surface area contributed by atoms with Crippen molar-refractivity contribution in [2.24, 2.45) is 16.7 Å². The average molecular weight is 516 g/mol. The number of fused-ring (bicyclic) bond motifs is 2. The summed E-state index contributed by atoms with van der Waals surface area (Å²) in [5.74, 6) is -2.09. The van der Waals surface area contributed by atoms with Gasteiger partial charge in [0.15, 0.2) is 11.5 Å². The van der Waals surface area contributed by atoms with Gasteiger partial charge in [-0.2, -0.15) is 13.2 Å². The van der Waals surface area contributed by atoms with Crippen LogP contribution in [-0.4, -0.2) is 53.7 Å². The molecule has 36 heavy (non-hydrogen) atoms. The number of hydrogen-bond acceptors (Lipinski definition) is 6. The Morgan fingerprint density at radius 2 is 1.47 bits per heavy atom. The fourth-order valence-corrected chi connectivity index (χ4v) is 4.12. The van der Waals surface area contributed by atoms with Crippen LogP contribution in [0.1, 0.15) is 65.5 Å². The fraction of sp³-hybridized carbons (Fsp3) is 0.654. The van der Waals surface area contributed by atoms with Crippen LogP contribution in [0.3, 0.4) is 0 Å². The number of carboxylic acid groups (broad SMARTS) is 1. The molecular weight excluding hydrogens is 479 g/mol. The Morgan fingerprint density at radius 3 is 1.97 bits per heavy atom. The number of piperidine rings is 1. The third kappa shape index (κ3) is 7.44. The number of nitrogens with zero attached hydrogens (tertiary/aromatic N) is 1.